The number of hydrogen-bond acceptors (Lipinski definition) is 5. The summed E-state index contributed by atoms with van der Waals surface area (Å²) in [4.78, 5) is 13.6. The first-order valence-electron chi connectivity index (χ1n) is 7.70. The summed E-state index contributed by atoms with van der Waals surface area (Å²) in [5, 5.41) is 12.4. The van der Waals surface area contributed by atoms with Crippen molar-refractivity contribution in [2.24, 2.45) is 11.8 Å². The number of piperidine rings is 1. The van der Waals surface area contributed by atoms with Gasteiger partial charge in [0.2, 0.25) is 0 Å². The number of methoxy groups -OCH3 is 1. The summed E-state index contributed by atoms with van der Waals surface area (Å²) in [5.74, 6) is 1.17. The van der Waals surface area contributed by atoms with Crippen LogP contribution < -0.4 is 5.32 Å². The highest BCUT2D eigenvalue weighted by atomic mass is 16.5. The summed E-state index contributed by atoms with van der Waals surface area (Å²) in [7, 11) is 1.44. The van der Waals surface area contributed by atoms with Crippen LogP contribution in [0.1, 0.15) is 33.1 Å². The zero-order valence-corrected chi connectivity index (χ0v) is 13.1. The minimum atomic E-state index is -0.138. The summed E-state index contributed by atoms with van der Waals surface area (Å²) < 4.78 is 4.71. The maximum Gasteiger partial charge on any atom is 0.306 e. The van der Waals surface area contributed by atoms with Gasteiger partial charge >= 0.3 is 5.97 Å². The molecule has 0 aromatic carbocycles. The second-order valence-corrected chi connectivity index (χ2v) is 6.05. The molecule has 0 amide bonds. The fourth-order valence-corrected chi connectivity index (χ4v) is 2.78. The number of likely N-dealkylation sites (tertiary alicyclic amines) is 1. The topological polar surface area (TPSA) is 61.8 Å². The predicted octanol–water partition coefficient (Wildman–Crippen LogP) is 0.868. The van der Waals surface area contributed by atoms with Crippen molar-refractivity contribution in [2.45, 2.75) is 39.2 Å². The summed E-state index contributed by atoms with van der Waals surface area (Å²) in [6.07, 6.45) is 2.44. The van der Waals surface area contributed by atoms with Gasteiger partial charge in [0.1, 0.15) is 0 Å². The second-order valence-electron chi connectivity index (χ2n) is 6.05. The van der Waals surface area contributed by atoms with Gasteiger partial charge in [-0.2, -0.15) is 0 Å². The van der Waals surface area contributed by atoms with Crippen molar-refractivity contribution in [3.8, 4) is 0 Å². The van der Waals surface area contributed by atoms with Gasteiger partial charge in [-0.25, -0.2) is 0 Å². The minimum absolute atomic E-state index is 0.138. The Bertz CT molecular complexity index is 284. The molecule has 0 radical (unpaired) electrons. The molecule has 0 spiro atoms. The molecule has 2 unspecified atom stereocenters. The number of carbonyl (C=O) groups excluding carboxylic acids is 1. The lowest BCUT2D eigenvalue weighted by Crippen LogP contribution is -2.51. The quantitative estimate of drug-likeness (QED) is 0.512. The standard InChI is InChI=1S/C15H30N2O3/c1-12(2)13-9-14(16-6-4-8-18)11-17(10-13)7-5-15(19)20-3/h12-14,16,18H,4-11H2,1-3H3. The van der Waals surface area contributed by atoms with E-state index in [-0.39, 0.29) is 12.6 Å². The van der Waals surface area contributed by atoms with E-state index in [1.54, 1.807) is 0 Å². The molecule has 1 heterocycles. The molecule has 20 heavy (non-hydrogen) atoms. The van der Waals surface area contributed by atoms with E-state index in [1.165, 1.54) is 13.5 Å². The van der Waals surface area contributed by atoms with Crippen molar-refractivity contribution >= 4 is 5.97 Å². The van der Waals surface area contributed by atoms with Crippen LogP contribution in [0.2, 0.25) is 0 Å². The molecule has 2 atom stereocenters. The predicted molar refractivity (Wildman–Crippen MR) is 79.5 cm³/mol. The van der Waals surface area contributed by atoms with Gasteiger partial charge in [0.05, 0.1) is 13.5 Å². The van der Waals surface area contributed by atoms with Crippen LogP contribution in [0.25, 0.3) is 0 Å². The zero-order chi connectivity index (χ0) is 15.0. The maximum absolute atomic E-state index is 11.3. The lowest BCUT2D eigenvalue weighted by atomic mass is 9.85. The van der Waals surface area contributed by atoms with Crippen molar-refractivity contribution in [1.29, 1.82) is 0 Å². The number of nitrogens with zero attached hydrogens (tertiary/aromatic N) is 1. The van der Waals surface area contributed by atoms with E-state index in [0.717, 1.165) is 32.6 Å². The second kappa shape index (κ2) is 9.32. The van der Waals surface area contributed by atoms with Gasteiger partial charge in [-0.15, -0.1) is 0 Å². The molecule has 1 saturated heterocycles. The van der Waals surface area contributed by atoms with Crippen molar-refractivity contribution in [3.05, 3.63) is 0 Å². The maximum atomic E-state index is 11.3. The third-order valence-electron chi connectivity index (χ3n) is 4.13. The van der Waals surface area contributed by atoms with Crippen LogP contribution in [0.4, 0.5) is 0 Å². The number of hydrogen-bond donors (Lipinski definition) is 2. The fourth-order valence-electron chi connectivity index (χ4n) is 2.78. The Labute approximate surface area is 122 Å². The SMILES string of the molecule is COC(=O)CCN1CC(NCCCO)CC(C(C)C)C1. The van der Waals surface area contributed by atoms with Gasteiger partial charge < -0.3 is 20.1 Å². The van der Waals surface area contributed by atoms with E-state index in [9.17, 15) is 4.79 Å². The lowest BCUT2D eigenvalue weighted by Gasteiger charge is -2.40. The Hall–Kier alpha value is -0.650. The smallest absolute Gasteiger partial charge is 0.306 e. The fraction of sp³-hybridized carbons (Fsp3) is 0.933. The molecule has 0 aromatic rings. The van der Waals surface area contributed by atoms with Crippen LogP contribution in [0.15, 0.2) is 0 Å². The molecule has 0 bridgehead atoms. The van der Waals surface area contributed by atoms with Crippen LogP contribution in [-0.2, 0) is 9.53 Å². The highest BCUT2D eigenvalue weighted by Gasteiger charge is 2.28. The normalized spacial score (nSPS) is 24.1. The lowest BCUT2D eigenvalue weighted by molar-refractivity contribution is -0.141. The van der Waals surface area contributed by atoms with E-state index in [1.807, 2.05) is 0 Å². The molecule has 1 aliphatic heterocycles. The van der Waals surface area contributed by atoms with Crippen LogP contribution >= 0.6 is 0 Å². The van der Waals surface area contributed by atoms with Gasteiger partial charge in [0, 0.05) is 32.3 Å². The Balaban J connectivity index is 2.45. The summed E-state index contributed by atoms with van der Waals surface area (Å²) in [6, 6.07) is 0.459. The molecule has 1 aliphatic rings. The molecule has 1 rings (SSSR count). The molecular weight excluding hydrogens is 256 g/mol. The largest absolute Gasteiger partial charge is 0.469 e. The van der Waals surface area contributed by atoms with Crippen LogP contribution in [0.5, 0.6) is 0 Å². The first-order valence-corrected chi connectivity index (χ1v) is 7.70. The Morgan fingerprint density at radius 2 is 2.20 bits per heavy atom. The van der Waals surface area contributed by atoms with Crippen molar-refractivity contribution in [1.82, 2.24) is 10.2 Å². The van der Waals surface area contributed by atoms with Crippen molar-refractivity contribution in [3.63, 3.8) is 0 Å². The molecule has 1 fully saturated rings. The van der Waals surface area contributed by atoms with E-state index in [0.29, 0.717) is 24.3 Å². The monoisotopic (exact) mass is 286 g/mol. The molecule has 5 heteroatoms. The van der Waals surface area contributed by atoms with E-state index in [2.05, 4.69) is 24.1 Å². The Morgan fingerprint density at radius 1 is 1.45 bits per heavy atom. The summed E-state index contributed by atoms with van der Waals surface area (Å²) >= 11 is 0. The van der Waals surface area contributed by atoms with E-state index < -0.39 is 0 Å². The van der Waals surface area contributed by atoms with Gasteiger partial charge in [0.15, 0.2) is 0 Å². The number of esters is 1. The average Bonchev–Trinajstić information content (AvgIpc) is 2.44. The third kappa shape index (κ3) is 6.20. The highest BCUT2D eigenvalue weighted by Crippen LogP contribution is 2.24. The first kappa shape index (κ1) is 17.4. The van der Waals surface area contributed by atoms with E-state index >= 15 is 0 Å². The molecular formula is C15H30N2O3. The average molecular weight is 286 g/mol. The minimum Gasteiger partial charge on any atom is -0.469 e. The number of nitrogens with one attached hydrogen (secondary N) is 1. The van der Waals surface area contributed by atoms with Crippen LogP contribution in [-0.4, -0.2) is 61.9 Å². The molecule has 118 valence electrons. The van der Waals surface area contributed by atoms with Gasteiger partial charge in [0.25, 0.3) is 0 Å². The van der Waals surface area contributed by atoms with E-state index in [4.69, 9.17) is 9.84 Å². The van der Waals surface area contributed by atoms with Gasteiger partial charge in [-0.05, 0) is 31.2 Å². The zero-order valence-electron chi connectivity index (χ0n) is 13.1. The number of aliphatic hydroxyl groups is 1. The number of ether oxygens (including phenoxy) is 1. The van der Waals surface area contributed by atoms with Crippen LogP contribution in [0.3, 0.4) is 0 Å². The van der Waals surface area contributed by atoms with Gasteiger partial charge in [-0.1, -0.05) is 13.8 Å². The summed E-state index contributed by atoms with van der Waals surface area (Å²) in [6.45, 7) is 8.43. The number of carbonyl (C=O) groups is 1. The molecule has 0 saturated carbocycles. The van der Waals surface area contributed by atoms with Crippen molar-refractivity contribution < 1.29 is 14.6 Å². The molecule has 0 aromatic heterocycles. The molecule has 5 nitrogen and oxygen atoms in total. The van der Waals surface area contributed by atoms with Gasteiger partial charge in [-0.3, -0.25) is 4.79 Å². The Kier molecular flexibility index (Phi) is 8.11. The summed E-state index contributed by atoms with van der Waals surface area (Å²) in [5.41, 5.74) is 0. The Morgan fingerprint density at radius 3 is 2.80 bits per heavy atom. The first-order chi connectivity index (χ1) is 9.56. The molecule has 0 aliphatic carbocycles. The van der Waals surface area contributed by atoms with Crippen molar-refractivity contribution in [2.75, 3.05) is 39.9 Å². The third-order valence-corrected chi connectivity index (χ3v) is 4.13. The number of rotatable bonds is 8. The number of aliphatic hydroxyl groups excluding tert-OH is 1. The van der Waals surface area contributed by atoms with Crippen LogP contribution in [0, 0.1) is 11.8 Å². The molecule has 2 N–H and O–H groups in total. The highest BCUT2D eigenvalue weighted by molar-refractivity contribution is 5.69.